The largest absolute Gasteiger partial charge is 0.465 e. The highest BCUT2D eigenvalue weighted by molar-refractivity contribution is 5.92. The molecular formula is C18H19NO5. The standard InChI is InChI=1S/C18H19NO5/c1-18(2,3)24-17(21)14-9-10-19-11-15(14)23-13-7-5-12(6-8-13)16(20)22-4/h5-11H,1-4H3. The molecule has 1 aromatic carbocycles. The van der Waals surface area contributed by atoms with Crippen LogP contribution >= 0.6 is 0 Å². The Balaban J connectivity index is 2.21. The fourth-order valence-corrected chi connectivity index (χ4v) is 1.87. The summed E-state index contributed by atoms with van der Waals surface area (Å²) in [7, 11) is 1.31. The van der Waals surface area contributed by atoms with E-state index in [0.29, 0.717) is 11.3 Å². The van der Waals surface area contributed by atoms with Crippen molar-refractivity contribution < 1.29 is 23.8 Å². The zero-order chi connectivity index (χ0) is 17.7. The molecule has 0 aliphatic rings. The van der Waals surface area contributed by atoms with Crippen molar-refractivity contribution in [3.05, 3.63) is 53.9 Å². The van der Waals surface area contributed by atoms with E-state index in [9.17, 15) is 9.59 Å². The van der Waals surface area contributed by atoms with Crippen LogP contribution in [0.25, 0.3) is 0 Å². The minimum atomic E-state index is -0.611. The number of ether oxygens (including phenoxy) is 3. The predicted octanol–water partition coefficient (Wildman–Crippen LogP) is 3.62. The van der Waals surface area contributed by atoms with E-state index in [1.807, 2.05) is 0 Å². The molecule has 24 heavy (non-hydrogen) atoms. The van der Waals surface area contributed by atoms with Gasteiger partial charge < -0.3 is 14.2 Å². The smallest absolute Gasteiger partial charge is 0.342 e. The van der Waals surface area contributed by atoms with Crippen molar-refractivity contribution in [2.45, 2.75) is 26.4 Å². The molecule has 126 valence electrons. The quantitative estimate of drug-likeness (QED) is 0.798. The number of carbonyl (C=O) groups excluding carboxylic acids is 2. The summed E-state index contributed by atoms with van der Waals surface area (Å²) in [6.07, 6.45) is 2.93. The Morgan fingerprint density at radius 3 is 2.25 bits per heavy atom. The second-order valence-corrected chi connectivity index (χ2v) is 5.99. The van der Waals surface area contributed by atoms with Crippen LogP contribution in [-0.2, 0) is 9.47 Å². The third-order valence-corrected chi connectivity index (χ3v) is 2.91. The molecule has 0 saturated heterocycles. The summed E-state index contributed by atoms with van der Waals surface area (Å²) in [5, 5.41) is 0. The number of hydrogen-bond acceptors (Lipinski definition) is 6. The first-order chi connectivity index (χ1) is 11.3. The first-order valence-electron chi connectivity index (χ1n) is 7.34. The zero-order valence-corrected chi connectivity index (χ0v) is 14.0. The van der Waals surface area contributed by atoms with E-state index in [2.05, 4.69) is 9.72 Å². The SMILES string of the molecule is COC(=O)c1ccc(Oc2cnccc2C(=O)OC(C)(C)C)cc1. The van der Waals surface area contributed by atoms with Crippen LogP contribution in [0.2, 0.25) is 0 Å². The zero-order valence-electron chi connectivity index (χ0n) is 14.0. The van der Waals surface area contributed by atoms with E-state index in [1.165, 1.54) is 25.6 Å². The van der Waals surface area contributed by atoms with Crippen molar-refractivity contribution >= 4 is 11.9 Å². The molecular weight excluding hydrogens is 310 g/mol. The summed E-state index contributed by atoms with van der Waals surface area (Å²) in [5.74, 6) is -0.193. The molecule has 0 amide bonds. The van der Waals surface area contributed by atoms with Crippen LogP contribution in [-0.4, -0.2) is 29.6 Å². The van der Waals surface area contributed by atoms with Gasteiger partial charge in [0.25, 0.3) is 0 Å². The van der Waals surface area contributed by atoms with Crippen LogP contribution in [0.5, 0.6) is 11.5 Å². The van der Waals surface area contributed by atoms with Gasteiger partial charge in [0.2, 0.25) is 0 Å². The Labute approximate surface area is 140 Å². The molecule has 6 nitrogen and oxygen atoms in total. The van der Waals surface area contributed by atoms with Gasteiger partial charge in [-0.1, -0.05) is 0 Å². The van der Waals surface area contributed by atoms with Crippen molar-refractivity contribution in [1.29, 1.82) is 0 Å². The predicted molar refractivity (Wildman–Crippen MR) is 87.3 cm³/mol. The van der Waals surface area contributed by atoms with Gasteiger partial charge >= 0.3 is 11.9 Å². The highest BCUT2D eigenvalue weighted by Crippen LogP contribution is 2.26. The molecule has 0 unspecified atom stereocenters. The summed E-state index contributed by atoms with van der Waals surface area (Å²) in [5.41, 5.74) is 0.0696. The van der Waals surface area contributed by atoms with E-state index in [-0.39, 0.29) is 11.3 Å². The van der Waals surface area contributed by atoms with Crippen LogP contribution in [0.4, 0.5) is 0 Å². The first-order valence-corrected chi connectivity index (χ1v) is 7.34. The Kier molecular flexibility index (Phi) is 5.18. The van der Waals surface area contributed by atoms with Gasteiger partial charge in [-0.3, -0.25) is 4.98 Å². The molecule has 0 spiro atoms. The summed E-state index contributed by atoms with van der Waals surface area (Å²) in [6.45, 7) is 5.37. The second kappa shape index (κ2) is 7.12. The van der Waals surface area contributed by atoms with Gasteiger partial charge in [0.05, 0.1) is 18.9 Å². The monoisotopic (exact) mass is 329 g/mol. The lowest BCUT2D eigenvalue weighted by Crippen LogP contribution is -2.24. The van der Waals surface area contributed by atoms with E-state index >= 15 is 0 Å². The average Bonchev–Trinajstić information content (AvgIpc) is 2.53. The van der Waals surface area contributed by atoms with E-state index in [1.54, 1.807) is 45.0 Å². The van der Waals surface area contributed by atoms with Gasteiger partial charge in [-0.05, 0) is 51.1 Å². The fourth-order valence-electron chi connectivity index (χ4n) is 1.87. The number of benzene rings is 1. The minimum Gasteiger partial charge on any atom is -0.465 e. The van der Waals surface area contributed by atoms with Crippen molar-refractivity contribution in [3.8, 4) is 11.5 Å². The molecule has 0 bridgehead atoms. The summed E-state index contributed by atoms with van der Waals surface area (Å²) in [4.78, 5) is 27.7. The molecule has 0 aliphatic heterocycles. The normalized spacial score (nSPS) is 10.8. The Hall–Kier alpha value is -2.89. The molecule has 0 N–H and O–H groups in total. The lowest BCUT2D eigenvalue weighted by molar-refractivity contribution is 0.00668. The number of aromatic nitrogens is 1. The summed E-state index contributed by atoms with van der Waals surface area (Å²) >= 11 is 0. The van der Waals surface area contributed by atoms with Crippen molar-refractivity contribution in [2.75, 3.05) is 7.11 Å². The molecule has 0 fully saturated rings. The number of nitrogens with zero attached hydrogens (tertiary/aromatic N) is 1. The van der Waals surface area contributed by atoms with Crippen LogP contribution < -0.4 is 4.74 Å². The Bertz CT molecular complexity index is 732. The van der Waals surface area contributed by atoms with E-state index in [4.69, 9.17) is 9.47 Å². The number of methoxy groups -OCH3 is 1. The summed E-state index contributed by atoms with van der Waals surface area (Å²) in [6, 6.07) is 7.90. The number of rotatable bonds is 4. The Morgan fingerprint density at radius 2 is 1.67 bits per heavy atom. The summed E-state index contributed by atoms with van der Waals surface area (Å²) < 4.78 is 15.7. The number of pyridine rings is 1. The third kappa shape index (κ3) is 4.55. The van der Waals surface area contributed by atoms with Gasteiger partial charge in [-0.25, -0.2) is 9.59 Å². The lowest BCUT2D eigenvalue weighted by atomic mass is 10.2. The molecule has 1 heterocycles. The fraction of sp³-hybridized carbons (Fsp3) is 0.278. The molecule has 0 atom stereocenters. The first kappa shape index (κ1) is 17.5. The van der Waals surface area contributed by atoms with Crippen LogP contribution in [0.15, 0.2) is 42.7 Å². The van der Waals surface area contributed by atoms with Crippen LogP contribution in [0.3, 0.4) is 0 Å². The number of carbonyl (C=O) groups is 2. The molecule has 6 heteroatoms. The Morgan fingerprint density at radius 1 is 1.00 bits per heavy atom. The van der Waals surface area contributed by atoms with E-state index in [0.717, 1.165) is 0 Å². The highest BCUT2D eigenvalue weighted by atomic mass is 16.6. The minimum absolute atomic E-state index is 0.275. The van der Waals surface area contributed by atoms with Gasteiger partial charge in [0.1, 0.15) is 16.9 Å². The number of hydrogen-bond donors (Lipinski definition) is 0. The second-order valence-electron chi connectivity index (χ2n) is 5.99. The molecule has 2 rings (SSSR count). The highest BCUT2D eigenvalue weighted by Gasteiger charge is 2.21. The van der Waals surface area contributed by atoms with Crippen molar-refractivity contribution in [2.24, 2.45) is 0 Å². The van der Waals surface area contributed by atoms with Crippen molar-refractivity contribution in [3.63, 3.8) is 0 Å². The number of esters is 2. The van der Waals surface area contributed by atoms with Crippen LogP contribution in [0, 0.1) is 0 Å². The van der Waals surface area contributed by atoms with Gasteiger partial charge in [-0.2, -0.15) is 0 Å². The van der Waals surface area contributed by atoms with Gasteiger partial charge in [0.15, 0.2) is 5.75 Å². The van der Waals surface area contributed by atoms with E-state index < -0.39 is 17.5 Å². The molecule has 0 saturated carbocycles. The maximum absolute atomic E-state index is 12.3. The lowest BCUT2D eigenvalue weighted by Gasteiger charge is -2.20. The van der Waals surface area contributed by atoms with Crippen molar-refractivity contribution in [1.82, 2.24) is 4.98 Å². The third-order valence-electron chi connectivity index (χ3n) is 2.91. The maximum atomic E-state index is 12.3. The molecule has 0 radical (unpaired) electrons. The molecule has 2 aromatic rings. The van der Waals surface area contributed by atoms with Crippen LogP contribution in [0.1, 0.15) is 41.5 Å². The maximum Gasteiger partial charge on any atom is 0.342 e. The van der Waals surface area contributed by atoms with Gasteiger partial charge in [-0.15, -0.1) is 0 Å². The van der Waals surface area contributed by atoms with Gasteiger partial charge in [0, 0.05) is 6.20 Å². The molecule has 0 aliphatic carbocycles. The topological polar surface area (TPSA) is 74.7 Å². The average molecular weight is 329 g/mol. The molecule has 1 aromatic heterocycles.